The number of carbonyl (C=O) groups is 2. The molecule has 1 aliphatic rings. The first-order chi connectivity index (χ1) is 17.3. The number of fused-ring (bicyclic) bond motifs is 1. The second kappa shape index (κ2) is 9.20. The maximum Gasteiger partial charge on any atom is 0.336 e. The highest BCUT2D eigenvalue weighted by Gasteiger charge is 2.36. The normalized spacial score (nSPS) is 14.0. The number of sulfonamides is 1. The number of nitrogens with one attached hydrogen (secondary N) is 2. The van der Waals surface area contributed by atoms with Crippen molar-refractivity contribution in [3.63, 3.8) is 0 Å². The van der Waals surface area contributed by atoms with E-state index in [0.29, 0.717) is 22.5 Å². The molecule has 3 amide bonds. The van der Waals surface area contributed by atoms with E-state index >= 15 is 0 Å². The summed E-state index contributed by atoms with van der Waals surface area (Å²) >= 11 is 0. The Balaban J connectivity index is 1.32. The number of amides is 3. The summed E-state index contributed by atoms with van der Waals surface area (Å²) in [4.78, 5) is 25.4. The SMILES string of the molecule is Nc1ccc(-c2ccccc2)cc1NC(=O)c1ccc(CN2C(=O)Nc3ccccc3S2(=O)=O)cc1. The van der Waals surface area contributed by atoms with Crippen LogP contribution in [-0.2, 0) is 16.6 Å². The fourth-order valence-electron chi connectivity index (χ4n) is 3.95. The van der Waals surface area contributed by atoms with E-state index in [-0.39, 0.29) is 23.0 Å². The average molecular weight is 499 g/mol. The van der Waals surface area contributed by atoms with Crippen LogP contribution >= 0.6 is 0 Å². The van der Waals surface area contributed by atoms with Gasteiger partial charge in [0.25, 0.3) is 15.9 Å². The number of nitrogens with zero attached hydrogens (tertiary/aromatic N) is 1. The highest BCUT2D eigenvalue weighted by atomic mass is 32.2. The van der Waals surface area contributed by atoms with E-state index in [1.54, 1.807) is 42.5 Å². The number of rotatable bonds is 5. The van der Waals surface area contributed by atoms with E-state index in [1.807, 2.05) is 42.5 Å². The summed E-state index contributed by atoms with van der Waals surface area (Å²) in [5, 5.41) is 5.43. The summed E-state index contributed by atoms with van der Waals surface area (Å²) in [5.41, 5.74) is 10.1. The van der Waals surface area contributed by atoms with Crippen LogP contribution in [0.5, 0.6) is 0 Å². The van der Waals surface area contributed by atoms with Gasteiger partial charge in [-0.3, -0.25) is 4.79 Å². The summed E-state index contributed by atoms with van der Waals surface area (Å²) in [7, 11) is -4.00. The summed E-state index contributed by atoms with van der Waals surface area (Å²) in [6, 6.07) is 27.1. The fraction of sp³-hybridized carbons (Fsp3) is 0.0370. The third-order valence-electron chi connectivity index (χ3n) is 5.87. The Labute approximate surface area is 208 Å². The number of urea groups is 1. The second-order valence-electron chi connectivity index (χ2n) is 8.26. The highest BCUT2D eigenvalue weighted by molar-refractivity contribution is 7.90. The van der Waals surface area contributed by atoms with Gasteiger partial charge in [0.15, 0.2) is 0 Å². The lowest BCUT2D eigenvalue weighted by Crippen LogP contribution is -2.43. The number of hydrogen-bond donors (Lipinski definition) is 3. The molecule has 4 N–H and O–H groups in total. The topological polar surface area (TPSA) is 122 Å². The number of hydrogen-bond acceptors (Lipinski definition) is 5. The van der Waals surface area contributed by atoms with Gasteiger partial charge in [0.2, 0.25) is 0 Å². The Morgan fingerprint density at radius 2 is 1.56 bits per heavy atom. The summed E-state index contributed by atoms with van der Waals surface area (Å²) in [6.07, 6.45) is 0. The minimum atomic E-state index is -4.00. The lowest BCUT2D eigenvalue weighted by atomic mass is 10.0. The van der Waals surface area contributed by atoms with Crippen LogP contribution in [0.2, 0.25) is 0 Å². The molecule has 8 nitrogen and oxygen atoms in total. The van der Waals surface area contributed by atoms with Crippen LogP contribution in [0.15, 0.2) is 102 Å². The fourth-order valence-corrected chi connectivity index (χ4v) is 5.42. The predicted octanol–water partition coefficient (Wildman–Crippen LogP) is 4.92. The molecule has 1 aliphatic heterocycles. The lowest BCUT2D eigenvalue weighted by Gasteiger charge is -2.28. The summed E-state index contributed by atoms with van der Waals surface area (Å²) in [6.45, 7) is -0.170. The van der Waals surface area contributed by atoms with Crippen molar-refractivity contribution in [3.8, 4) is 11.1 Å². The minimum absolute atomic E-state index is 0.0379. The Morgan fingerprint density at radius 3 is 2.31 bits per heavy atom. The van der Waals surface area contributed by atoms with Gasteiger partial charge in [0.05, 0.1) is 23.6 Å². The smallest absolute Gasteiger partial charge is 0.336 e. The molecule has 180 valence electrons. The molecule has 1 heterocycles. The van der Waals surface area contributed by atoms with Gasteiger partial charge in [-0.05, 0) is 53.1 Å². The molecule has 0 fully saturated rings. The molecule has 0 unspecified atom stereocenters. The zero-order valence-electron chi connectivity index (χ0n) is 19.0. The molecule has 0 spiro atoms. The number of anilines is 3. The van der Waals surface area contributed by atoms with E-state index in [2.05, 4.69) is 10.6 Å². The molecule has 0 saturated carbocycles. The van der Waals surface area contributed by atoms with Crippen LogP contribution in [-0.4, -0.2) is 24.7 Å². The zero-order valence-corrected chi connectivity index (χ0v) is 19.8. The largest absolute Gasteiger partial charge is 0.397 e. The van der Waals surface area contributed by atoms with Crippen LogP contribution in [0, 0.1) is 0 Å². The van der Waals surface area contributed by atoms with Crippen LogP contribution in [0.25, 0.3) is 11.1 Å². The van der Waals surface area contributed by atoms with E-state index in [9.17, 15) is 18.0 Å². The van der Waals surface area contributed by atoms with Gasteiger partial charge < -0.3 is 16.4 Å². The van der Waals surface area contributed by atoms with E-state index in [1.165, 1.54) is 12.1 Å². The number of carbonyl (C=O) groups excluding carboxylic acids is 2. The van der Waals surface area contributed by atoms with E-state index in [0.717, 1.165) is 15.4 Å². The number of para-hydroxylation sites is 1. The third-order valence-corrected chi connectivity index (χ3v) is 7.66. The number of benzene rings is 4. The maximum absolute atomic E-state index is 12.9. The summed E-state index contributed by atoms with van der Waals surface area (Å²) < 4.78 is 26.7. The molecule has 4 aromatic rings. The van der Waals surface area contributed by atoms with Gasteiger partial charge in [-0.25, -0.2) is 17.5 Å². The first-order valence-corrected chi connectivity index (χ1v) is 12.5. The van der Waals surface area contributed by atoms with Gasteiger partial charge in [0, 0.05) is 5.56 Å². The highest BCUT2D eigenvalue weighted by Crippen LogP contribution is 2.31. The lowest BCUT2D eigenvalue weighted by molar-refractivity contribution is 0.102. The summed E-state index contributed by atoms with van der Waals surface area (Å²) in [5.74, 6) is -0.365. The second-order valence-corrected chi connectivity index (χ2v) is 10.1. The van der Waals surface area contributed by atoms with Crippen molar-refractivity contribution in [3.05, 3.63) is 108 Å². The molecule has 0 bridgehead atoms. The Kier molecular flexibility index (Phi) is 5.91. The molecule has 5 rings (SSSR count). The first-order valence-electron chi connectivity index (χ1n) is 11.1. The van der Waals surface area contributed by atoms with Gasteiger partial charge >= 0.3 is 6.03 Å². The van der Waals surface area contributed by atoms with Crippen LogP contribution in [0.1, 0.15) is 15.9 Å². The molecule has 0 saturated heterocycles. The maximum atomic E-state index is 12.9. The standard InChI is InChI=1S/C27H22N4O4S/c28-22-15-14-21(19-6-2-1-3-7-19)16-24(22)29-26(32)20-12-10-18(11-13-20)17-31-27(33)30-23-8-4-5-9-25(23)36(31,34)35/h1-16H,17,28H2,(H,29,32)(H,30,33). The molecule has 0 aromatic heterocycles. The molecular formula is C27H22N4O4S. The minimum Gasteiger partial charge on any atom is -0.397 e. The molecular weight excluding hydrogens is 476 g/mol. The molecule has 4 aromatic carbocycles. The monoisotopic (exact) mass is 498 g/mol. The van der Waals surface area contributed by atoms with Crippen molar-refractivity contribution in [1.82, 2.24) is 4.31 Å². The molecule has 0 aliphatic carbocycles. The van der Waals surface area contributed by atoms with Gasteiger partial charge in [0.1, 0.15) is 4.90 Å². The first kappa shape index (κ1) is 23.1. The van der Waals surface area contributed by atoms with Gasteiger partial charge in [-0.15, -0.1) is 0 Å². The van der Waals surface area contributed by atoms with Crippen molar-refractivity contribution in [2.45, 2.75) is 11.4 Å². The van der Waals surface area contributed by atoms with Crippen molar-refractivity contribution < 1.29 is 18.0 Å². The van der Waals surface area contributed by atoms with Gasteiger partial charge in [-0.1, -0.05) is 60.7 Å². The van der Waals surface area contributed by atoms with Crippen LogP contribution in [0.4, 0.5) is 21.9 Å². The molecule has 0 radical (unpaired) electrons. The van der Waals surface area contributed by atoms with Crippen molar-refractivity contribution in [2.24, 2.45) is 0 Å². The van der Waals surface area contributed by atoms with Crippen LogP contribution < -0.4 is 16.4 Å². The predicted molar refractivity (Wildman–Crippen MR) is 139 cm³/mol. The van der Waals surface area contributed by atoms with E-state index in [4.69, 9.17) is 5.73 Å². The Bertz CT molecular complexity index is 1570. The third kappa shape index (κ3) is 4.39. The van der Waals surface area contributed by atoms with Crippen molar-refractivity contribution in [1.29, 1.82) is 0 Å². The zero-order chi connectivity index (χ0) is 25.3. The quantitative estimate of drug-likeness (QED) is 0.337. The number of nitrogen functional groups attached to an aromatic ring is 1. The van der Waals surface area contributed by atoms with Crippen LogP contribution in [0.3, 0.4) is 0 Å². The van der Waals surface area contributed by atoms with Gasteiger partial charge in [-0.2, -0.15) is 0 Å². The Hall–Kier alpha value is -4.63. The van der Waals surface area contributed by atoms with Crippen molar-refractivity contribution in [2.75, 3.05) is 16.4 Å². The van der Waals surface area contributed by atoms with E-state index < -0.39 is 16.1 Å². The molecule has 9 heteroatoms. The molecule has 36 heavy (non-hydrogen) atoms. The average Bonchev–Trinajstić information content (AvgIpc) is 2.89. The Morgan fingerprint density at radius 1 is 0.861 bits per heavy atom. The molecule has 0 atom stereocenters. The number of nitrogens with two attached hydrogens (primary N) is 1. The van der Waals surface area contributed by atoms with Crippen molar-refractivity contribution >= 4 is 39.0 Å².